The Morgan fingerprint density at radius 1 is 1.14 bits per heavy atom. The number of ether oxygens (including phenoxy) is 1. The predicted molar refractivity (Wildman–Crippen MR) is 83.5 cm³/mol. The van der Waals surface area contributed by atoms with E-state index in [2.05, 4.69) is 10.3 Å². The van der Waals surface area contributed by atoms with Crippen LogP contribution in [0.4, 0.5) is 0 Å². The Balaban J connectivity index is 1.80. The summed E-state index contributed by atoms with van der Waals surface area (Å²) in [7, 11) is 0. The Bertz CT molecular complexity index is 608. The monoisotopic (exact) mass is 300 g/mol. The average molecular weight is 300 g/mol. The summed E-state index contributed by atoms with van der Waals surface area (Å²) in [5, 5.41) is 2.80. The molecule has 5 nitrogen and oxygen atoms in total. The number of hydrogen-bond acceptors (Lipinski definition) is 3. The predicted octanol–water partition coefficient (Wildman–Crippen LogP) is 2.48. The summed E-state index contributed by atoms with van der Waals surface area (Å²) in [4.78, 5) is 26.5. The van der Waals surface area contributed by atoms with E-state index in [0.717, 1.165) is 5.56 Å². The molecule has 2 aromatic rings. The Kier molecular flexibility index (Phi) is 5.36. The molecule has 1 aromatic carbocycles. The van der Waals surface area contributed by atoms with Gasteiger partial charge in [0.25, 0.3) is 5.91 Å². The zero-order chi connectivity index (χ0) is 15.9. The zero-order valence-corrected chi connectivity index (χ0v) is 12.7. The molecule has 0 aliphatic carbocycles. The van der Waals surface area contributed by atoms with Gasteiger partial charge in [-0.15, -0.1) is 0 Å². The molecule has 0 radical (unpaired) electrons. The Morgan fingerprint density at radius 3 is 2.50 bits per heavy atom. The van der Waals surface area contributed by atoms with E-state index in [1.54, 1.807) is 25.3 Å². The van der Waals surface area contributed by atoms with Gasteiger partial charge in [0.05, 0.1) is 0 Å². The molecule has 1 amide bonds. The number of nitrogens with one attached hydrogen (secondary N) is 2. The third kappa shape index (κ3) is 4.22. The second kappa shape index (κ2) is 7.45. The number of amides is 1. The number of carbonyl (C=O) groups excluding carboxylic acids is 2. The minimum atomic E-state index is -0.834. The highest BCUT2D eigenvalue weighted by Crippen LogP contribution is 2.13. The van der Waals surface area contributed by atoms with Gasteiger partial charge in [0.2, 0.25) is 0 Å². The van der Waals surface area contributed by atoms with Crippen LogP contribution in [0.15, 0.2) is 48.7 Å². The van der Waals surface area contributed by atoms with E-state index in [-0.39, 0.29) is 11.8 Å². The number of benzene rings is 1. The van der Waals surface area contributed by atoms with Gasteiger partial charge >= 0.3 is 5.97 Å². The number of H-pyrrole nitrogens is 1. The number of carbonyl (C=O) groups is 2. The molecule has 2 atom stereocenters. The highest BCUT2D eigenvalue weighted by molar-refractivity contribution is 5.90. The zero-order valence-electron chi connectivity index (χ0n) is 12.7. The van der Waals surface area contributed by atoms with Gasteiger partial charge in [-0.1, -0.05) is 37.3 Å². The van der Waals surface area contributed by atoms with Crippen molar-refractivity contribution in [3.63, 3.8) is 0 Å². The number of rotatable bonds is 6. The standard InChI is InChI=1S/C17H20N2O3/c1-12(14-7-4-3-5-8-14)11-19-16(20)13(2)22-17(21)15-9-6-10-18-15/h3-10,12-13,18H,11H2,1-2H3,(H,19,20)/t12-,13-/m1/s1. The van der Waals surface area contributed by atoms with Gasteiger partial charge < -0.3 is 15.0 Å². The number of aromatic amines is 1. The Labute approximate surface area is 129 Å². The molecule has 0 unspecified atom stereocenters. The maximum atomic E-state index is 12.0. The summed E-state index contributed by atoms with van der Waals surface area (Å²) in [6.07, 6.45) is 0.793. The molecule has 0 aliphatic heterocycles. The molecule has 0 bridgehead atoms. The van der Waals surface area contributed by atoms with Crippen LogP contribution in [0.25, 0.3) is 0 Å². The maximum absolute atomic E-state index is 12.0. The summed E-state index contributed by atoms with van der Waals surface area (Å²) in [6, 6.07) is 13.2. The molecule has 2 rings (SSSR count). The first kappa shape index (κ1) is 15.8. The summed E-state index contributed by atoms with van der Waals surface area (Å²) in [6.45, 7) is 4.09. The van der Waals surface area contributed by atoms with Crippen molar-refractivity contribution in [3.05, 3.63) is 59.9 Å². The number of hydrogen-bond donors (Lipinski definition) is 2. The third-order valence-corrected chi connectivity index (χ3v) is 3.42. The van der Waals surface area contributed by atoms with E-state index in [9.17, 15) is 9.59 Å². The second-order valence-electron chi connectivity index (χ2n) is 5.19. The molecule has 0 spiro atoms. The quantitative estimate of drug-likeness (QED) is 0.805. The molecule has 0 saturated heterocycles. The molecule has 1 heterocycles. The van der Waals surface area contributed by atoms with Crippen LogP contribution in [-0.2, 0) is 9.53 Å². The Hall–Kier alpha value is -2.56. The topological polar surface area (TPSA) is 71.2 Å². The molecule has 2 N–H and O–H groups in total. The first-order chi connectivity index (χ1) is 10.6. The molecule has 0 aliphatic rings. The summed E-state index contributed by atoms with van der Waals surface area (Å²) < 4.78 is 5.11. The summed E-state index contributed by atoms with van der Waals surface area (Å²) >= 11 is 0. The lowest BCUT2D eigenvalue weighted by Gasteiger charge is -2.16. The van der Waals surface area contributed by atoms with Crippen molar-refractivity contribution >= 4 is 11.9 Å². The van der Waals surface area contributed by atoms with Gasteiger partial charge in [0.15, 0.2) is 6.10 Å². The summed E-state index contributed by atoms with van der Waals surface area (Å²) in [5.41, 5.74) is 1.48. The van der Waals surface area contributed by atoms with Gasteiger partial charge in [-0.25, -0.2) is 4.79 Å². The van der Waals surface area contributed by atoms with Crippen LogP contribution in [-0.4, -0.2) is 29.5 Å². The smallest absolute Gasteiger partial charge is 0.355 e. The molecule has 0 fully saturated rings. The first-order valence-electron chi connectivity index (χ1n) is 7.25. The highest BCUT2D eigenvalue weighted by atomic mass is 16.5. The molecule has 116 valence electrons. The second-order valence-corrected chi connectivity index (χ2v) is 5.19. The van der Waals surface area contributed by atoms with E-state index in [1.807, 2.05) is 37.3 Å². The van der Waals surface area contributed by atoms with Crippen molar-refractivity contribution in [1.29, 1.82) is 0 Å². The lowest BCUT2D eigenvalue weighted by Crippen LogP contribution is -2.37. The van der Waals surface area contributed by atoms with E-state index < -0.39 is 12.1 Å². The number of esters is 1. The summed E-state index contributed by atoms with van der Waals surface area (Å²) in [5.74, 6) is -0.650. The normalized spacial score (nSPS) is 13.2. The Morgan fingerprint density at radius 2 is 1.86 bits per heavy atom. The fraction of sp³-hybridized carbons (Fsp3) is 0.294. The van der Waals surface area contributed by atoms with Gasteiger partial charge in [-0.2, -0.15) is 0 Å². The van der Waals surface area contributed by atoms with Gasteiger partial charge in [0.1, 0.15) is 5.69 Å². The van der Waals surface area contributed by atoms with Crippen molar-refractivity contribution in [2.45, 2.75) is 25.9 Å². The van der Waals surface area contributed by atoms with Crippen LogP contribution in [0.3, 0.4) is 0 Å². The van der Waals surface area contributed by atoms with Crippen molar-refractivity contribution < 1.29 is 14.3 Å². The van der Waals surface area contributed by atoms with Crippen LogP contribution in [0.1, 0.15) is 35.8 Å². The fourth-order valence-electron chi connectivity index (χ4n) is 2.03. The molecule has 22 heavy (non-hydrogen) atoms. The van der Waals surface area contributed by atoms with Gasteiger partial charge in [-0.05, 0) is 30.5 Å². The molecule has 5 heteroatoms. The lowest BCUT2D eigenvalue weighted by atomic mass is 10.0. The van der Waals surface area contributed by atoms with Crippen molar-refractivity contribution in [2.24, 2.45) is 0 Å². The van der Waals surface area contributed by atoms with E-state index in [0.29, 0.717) is 12.2 Å². The molecule has 1 aromatic heterocycles. The van der Waals surface area contributed by atoms with Crippen LogP contribution in [0.2, 0.25) is 0 Å². The highest BCUT2D eigenvalue weighted by Gasteiger charge is 2.19. The molecule has 0 saturated carbocycles. The largest absolute Gasteiger partial charge is 0.448 e. The minimum absolute atomic E-state index is 0.191. The fourth-order valence-corrected chi connectivity index (χ4v) is 2.03. The van der Waals surface area contributed by atoms with E-state index in [1.165, 1.54) is 0 Å². The average Bonchev–Trinajstić information content (AvgIpc) is 3.07. The van der Waals surface area contributed by atoms with E-state index in [4.69, 9.17) is 4.74 Å². The first-order valence-corrected chi connectivity index (χ1v) is 7.25. The molecular formula is C17H20N2O3. The van der Waals surface area contributed by atoms with E-state index >= 15 is 0 Å². The van der Waals surface area contributed by atoms with Crippen molar-refractivity contribution in [3.8, 4) is 0 Å². The van der Waals surface area contributed by atoms with Crippen molar-refractivity contribution in [2.75, 3.05) is 6.54 Å². The van der Waals surface area contributed by atoms with Crippen LogP contribution in [0, 0.1) is 0 Å². The number of aromatic nitrogens is 1. The van der Waals surface area contributed by atoms with Crippen LogP contribution >= 0.6 is 0 Å². The SMILES string of the molecule is C[C@H](CNC(=O)[C@@H](C)OC(=O)c1ccc[nH]1)c1ccccc1. The third-order valence-electron chi connectivity index (χ3n) is 3.42. The maximum Gasteiger partial charge on any atom is 0.355 e. The minimum Gasteiger partial charge on any atom is -0.448 e. The lowest BCUT2D eigenvalue weighted by molar-refractivity contribution is -0.129. The van der Waals surface area contributed by atoms with Crippen molar-refractivity contribution in [1.82, 2.24) is 10.3 Å². The molecular weight excluding hydrogens is 280 g/mol. The van der Waals surface area contributed by atoms with Gasteiger partial charge in [0, 0.05) is 12.7 Å². The van der Waals surface area contributed by atoms with Crippen LogP contribution < -0.4 is 5.32 Å². The van der Waals surface area contributed by atoms with Gasteiger partial charge in [-0.3, -0.25) is 4.79 Å². The van der Waals surface area contributed by atoms with Crippen LogP contribution in [0.5, 0.6) is 0 Å².